The molecular weight excluding hydrogens is 434 g/mol. The van der Waals surface area contributed by atoms with Gasteiger partial charge in [-0.2, -0.15) is 0 Å². The lowest BCUT2D eigenvalue weighted by molar-refractivity contribution is -0.169. The Morgan fingerprint density at radius 2 is 2.06 bits per heavy atom. The van der Waals surface area contributed by atoms with Crippen LogP contribution in [0.15, 0.2) is 59.4 Å². The van der Waals surface area contributed by atoms with Crippen molar-refractivity contribution in [1.29, 1.82) is 0 Å². The van der Waals surface area contributed by atoms with Crippen molar-refractivity contribution in [3.63, 3.8) is 0 Å². The minimum absolute atomic E-state index is 0.0452. The molecule has 0 spiro atoms. The molecule has 1 aliphatic rings. The average Bonchev–Trinajstić information content (AvgIpc) is 3.25. The molecule has 2 heterocycles. The topological polar surface area (TPSA) is 104 Å². The van der Waals surface area contributed by atoms with Gasteiger partial charge >= 0.3 is 5.97 Å². The minimum atomic E-state index is -1.99. The summed E-state index contributed by atoms with van der Waals surface area (Å²) < 4.78 is 6.18. The highest BCUT2D eigenvalue weighted by molar-refractivity contribution is 5.97. The molecule has 1 N–H and O–H groups in total. The molecule has 0 unspecified atom stereocenters. The van der Waals surface area contributed by atoms with Crippen molar-refractivity contribution >= 4 is 22.8 Å². The molecule has 0 aliphatic carbocycles. The summed E-state index contributed by atoms with van der Waals surface area (Å²) in [6.45, 7) is 11.1. The molecule has 8 nitrogen and oxygen atoms in total. The van der Waals surface area contributed by atoms with E-state index in [1.807, 2.05) is 33.8 Å². The summed E-state index contributed by atoms with van der Waals surface area (Å²) in [7, 11) is 0. The van der Waals surface area contributed by atoms with Crippen molar-refractivity contribution in [3.8, 4) is 0 Å². The fraction of sp³-hybridized carbons (Fsp3) is 0.462. The van der Waals surface area contributed by atoms with Gasteiger partial charge in [-0.3, -0.25) is 4.79 Å². The molecule has 1 aliphatic heterocycles. The number of hydrogen-bond donors (Lipinski definition) is 1. The molecule has 0 fully saturated rings. The Hall–Kier alpha value is -3.26. The van der Waals surface area contributed by atoms with Crippen molar-refractivity contribution in [3.05, 3.63) is 59.4 Å². The smallest absolute Gasteiger partial charge is 0.374 e. The number of ether oxygens (including phenoxy) is 1. The Morgan fingerprint density at radius 1 is 1.35 bits per heavy atom. The Morgan fingerprint density at radius 3 is 2.74 bits per heavy atom. The van der Waals surface area contributed by atoms with Gasteiger partial charge in [0.2, 0.25) is 5.60 Å². The molecule has 0 amide bonds. The van der Waals surface area contributed by atoms with Crippen LogP contribution in [0.25, 0.3) is 11.0 Å². The number of allylic oxidation sites excluding steroid dienone is 4. The van der Waals surface area contributed by atoms with Crippen LogP contribution in [-0.2, 0) is 14.3 Å². The van der Waals surface area contributed by atoms with Gasteiger partial charge in [0.25, 0.3) is 0 Å². The van der Waals surface area contributed by atoms with Crippen LogP contribution >= 0.6 is 0 Å². The van der Waals surface area contributed by atoms with E-state index < -0.39 is 11.6 Å². The molecule has 1 aromatic carbocycles. The van der Waals surface area contributed by atoms with Crippen LogP contribution < -0.4 is 4.84 Å². The molecule has 8 heteroatoms. The number of ketones is 1. The quantitative estimate of drug-likeness (QED) is 0.356. The first-order valence-electron chi connectivity index (χ1n) is 11.6. The second-order valence-electron chi connectivity index (χ2n) is 8.90. The van der Waals surface area contributed by atoms with Gasteiger partial charge in [-0.1, -0.05) is 49.9 Å². The highest BCUT2D eigenvalue weighted by atomic mass is 16.7. The number of para-hydroxylation sites is 1. The van der Waals surface area contributed by atoms with E-state index in [-0.39, 0.29) is 35.9 Å². The molecule has 182 valence electrons. The third-order valence-corrected chi connectivity index (χ3v) is 6.39. The zero-order valence-corrected chi connectivity index (χ0v) is 20.6. The summed E-state index contributed by atoms with van der Waals surface area (Å²) in [6, 6.07) is 7.04. The zero-order chi connectivity index (χ0) is 25.0. The first-order valence-corrected chi connectivity index (χ1v) is 11.6. The van der Waals surface area contributed by atoms with E-state index in [1.165, 1.54) is 0 Å². The maximum absolute atomic E-state index is 13.1. The maximum Gasteiger partial charge on any atom is 0.374 e. The van der Waals surface area contributed by atoms with Gasteiger partial charge in [0.05, 0.1) is 0 Å². The summed E-state index contributed by atoms with van der Waals surface area (Å²) in [5.74, 6) is -0.920. The zero-order valence-electron chi connectivity index (χ0n) is 20.6. The number of carbonyl (C=O) groups is 2. The molecule has 34 heavy (non-hydrogen) atoms. The second-order valence-corrected chi connectivity index (χ2v) is 8.90. The Kier molecular flexibility index (Phi) is 7.71. The summed E-state index contributed by atoms with van der Waals surface area (Å²) in [4.78, 5) is 32.0. The number of nitrogens with zero attached hydrogens (tertiary/aromatic N) is 3. The van der Waals surface area contributed by atoms with Crippen LogP contribution in [0.3, 0.4) is 0 Å². The van der Waals surface area contributed by atoms with Gasteiger partial charge < -0.3 is 14.7 Å². The molecular formula is C26H33N3O5. The van der Waals surface area contributed by atoms with Crippen molar-refractivity contribution in [2.45, 2.75) is 66.1 Å². The predicted octanol–water partition coefficient (Wildman–Crippen LogP) is 3.95. The van der Waals surface area contributed by atoms with Gasteiger partial charge in [-0.15, -0.1) is 5.10 Å². The van der Waals surface area contributed by atoms with Crippen LogP contribution in [-0.4, -0.2) is 43.7 Å². The SMILES string of the molecule is C/C=C(\C)C(=O)[C@@H](C)/C=C(\C)[C@H]1OC([C@@](O)(CC)C(=O)On2nnc3ccccc32)=CC[C@@H]1C. The van der Waals surface area contributed by atoms with Crippen LogP contribution in [0.5, 0.6) is 0 Å². The van der Waals surface area contributed by atoms with E-state index in [1.54, 1.807) is 50.3 Å². The molecule has 0 saturated heterocycles. The number of benzene rings is 1. The minimum Gasteiger partial charge on any atom is -0.487 e. The van der Waals surface area contributed by atoms with Crippen LogP contribution in [0.4, 0.5) is 0 Å². The molecule has 3 rings (SSSR count). The van der Waals surface area contributed by atoms with Gasteiger partial charge in [0, 0.05) is 11.8 Å². The highest BCUT2D eigenvalue weighted by Crippen LogP contribution is 2.35. The van der Waals surface area contributed by atoms with Gasteiger partial charge in [0.1, 0.15) is 22.9 Å². The van der Waals surface area contributed by atoms with E-state index in [4.69, 9.17) is 9.57 Å². The second kappa shape index (κ2) is 10.3. The summed E-state index contributed by atoms with van der Waals surface area (Å²) >= 11 is 0. The van der Waals surface area contributed by atoms with Crippen molar-refractivity contribution in [1.82, 2.24) is 15.2 Å². The van der Waals surface area contributed by atoms with Crippen molar-refractivity contribution in [2.75, 3.05) is 0 Å². The molecule has 4 atom stereocenters. The Bertz CT molecular complexity index is 1160. The summed E-state index contributed by atoms with van der Waals surface area (Å²) in [6.07, 6.45) is 5.68. The largest absolute Gasteiger partial charge is 0.487 e. The number of hydrogen-bond acceptors (Lipinski definition) is 7. The Balaban J connectivity index is 1.82. The van der Waals surface area contributed by atoms with Gasteiger partial charge in [-0.05, 0) is 68.2 Å². The summed E-state index contributed by atoms with van der Waals surface area (Å²) in [5, 5.41) is 19.2. The van der Waals surface area contributed by atoms with E-state index in [0.29, 0.717) is 23.0 Å². The maximum atomic E-state index is 13.1. The number of aliphatic hydroxyl groups is 1. The average molecular weight is 468 g/mol. The third-order valence-electron chi connectivity index (χ3n) is 6.39. The van der Waals surface area contributed by atoms with Crippen LogP contribution in [0.1, 0.15) is 54.4 Å². The first-order chi connectivity index (χ1) is 16.1. The lowest BCUT2D eigenvalue weighted by Gasteiger charge is -2.36. The molecule has 2 aromatic rings. The van der Waals surface area contributed by atoms with Crippen molar-refractivity contribution in [2.24, 2.45) is 11.8 Å². The molecule has 0 bridgehead atoms. The molecule has 0 radical (unpaired) electrons. The number of Topliss-reactive ketones (excluding diaryl/α,β-unsaturated/α-hetero) is 1. The standard InChI is InChI=1S/C26H33N3O5/c1-7-16(3)23(30)18(5)15-19(6)24-17(4)13-14-22(33-24)26(32,8-2)25(31)34-29-21-12-10-9-11-20(21)27-28-29/h7,9-12,14-15,17-18,24,32H,8,13H2,1-6H3/b16-7+,19-15+/t17-,18-,24-,26-/m0/s1. The lowest BCUT2D eigenvalue weighted by atomic mass is 9.87. The monoisotopic (exact) mass is 467 g/mol. The number of carbonyl (C=O) groups excluding carboxylic acids is 2. The predicted molar refractivity (Wildman–Crippen MR) is 128 cm³/mol. The highest BCUT2D eigenvalue weighted by Gasteiger charge is 2.45. The lowest BCUT2D eigenvalue weighted by Crippen LogP contribution is -2.48. The van der Waals surface area contributed by atoms with E-state index in [0.717, 1.165) is 10.4 Å². The fourth-order valence-corrected chi connectivity index (χ4v) is 4.08. The van der Waals surface area contributed by atoms with Crippen LogP contribution in [0, 0.1) is 11.8 Å². The first kappa shape index (κ1) is 25.4. The Labute approximate surface area is 199 Å². The third kappa shape index (κ3) is 4.97. The number of aromatic nitrogens is 3. The van der Waals surface area contributed by atoms with E-state index >= 15 is 0 Å². The van der Waals surface area contributed by atoms with E-state index in [9.17, 15) is 14.7 Å². The summed E-state index contributed by atoms with van der Waals surface area (Å²) in [5.41, 5.74) is 0.660. The van der Waals surface area contributed by atoms with Gasteiger partial charge in [0.15, 0.2) is 5.78 Å². The van der Waals surface area contributed by atoms with Crippen molar-refractivity contribution < 1.29 is 24.3 Å². The molecule has 0 saturated carbocycles. The van der Waals surface area contributed by atoms with Crippen LogP contribution in [0.2, 0.25) is 0 Å². The number of rotatable bonds is 8. The molecule has 1 aromatic heterocycles. The number of fused-ring (bicyclic) bond motifs is 1. The van der Waals surface area contributed by atoms with Gasteiger partial charge in [-0.25, -0.2) is 4.79 Å². The van der Waals surface area contributed by atoms with E-state index in [2.05, 4.69) is 10.3 Å². The normalized spacial score (nSPS) is 21.9. The fourth-order valence-electron chi connectivity index (χ4n) is 4.08.